The van der Waals surface area contributed by atoms with Gasteiger partial charge in [0.1, 0.15) is 0 Å². The van der Waals surface area contributed by atoms with Crippen LogP contribution in [-0.4, -0.2) is 29.1 Å². The van der Waals surface area contributed by atoms with Crippen LogP contribution in [0.15, 0.2) is 53.4 Å². The lowest BCUT2D eigenvalue weighted by atomic mass is 10.1. The minimum absolute atomic E-state index is 0.329. The number of nitrogens with one attached hydrogen (secondary N) is 1. The van der Waals surface area contributed by atoms with Crippen molar-refractivity contribution in [2.24, 2.45) is 0 Å². The van der Waals surface area contributed by atoms with Gasteiger partial charge in [0.15, 0.2) is 0 Å². The Morgan fingerprint density at radius 2 is 1.50 bits per heavy atom. The molecule has 2 aromatic carbocycles. The maximum absolute atomic E-state index is 12.2. The Kier molecular flexibility index (Phi) is 6.40. The molecule has 0 saturated heterocycles. The second-order valence-electron chi connectivity index (χ2n) is 6.06. The first-order valence-corrected chi connectivity index (χ1v) is 9.75. The van der Waals surface area contributed by atoms with Gasteiger partial charge in [0.05, 0.1) is 4.90 Å². The first-order valence-electron chi connectivity index (χ1n) is 8.27. The van der Waals surface area contributed by atoms with E-state index in [2.05, 4.69) is 33.9 Å². The van der Waals surface area contributed by atoms with E-state index in [4.69, 9.17) is 0 Å². The Labute approximate surface area is 145 Å². The van der Waals surface area contributed by atoms with E-state index in [1.807, 2.05) is 33.2 Å². The molecule has 0 atom stereocenters. The third kappa shape index (κ3) is 5.08. The summed E-state index contributed by atoms with van der Waals surface area (Å²) < 4.78 is 27.2. The first-order chi connectivity index (χ1) is 11.4. The summed E-state index contributed by atoms with van der Waals surface area (Å²) in [7, 11) is 0.607. The highest BCUT2D eigenvalue weighted by atomic mass is 32.2. The molecule has 5 heteroatoms. The lowest BCUT2D eigenvalue weighted by Gasteiger charge is -2.12. The normalized spacial score (nSPS) is 11.5. The Morgan fingerprint density at radius 1 is 0.917 bits per heavy atom. The molecular weight excluding hydrogens is 320 g/mol. The number of sulfonamides is 1. The molecule has 0 unspecified atom stereocenters. The van der Waals surface area contributed by atoms with Crippen LogP contribution in [0.1, 0.15) is 24.5 Å². The van der Waals surface area contributed by atoms with Crippen molar-refractivity contribution in [2.75, 3.05) is 25.5 Å². The van der Waals surface area contributed by atoms with Gasteiger partial charge in [-0.05, 0) is 54.7 Å². The van der Waals surface area contributed by atoms with E-state index < -0.39 is 10.0 Å². The van der Waals surface area contributed by atoms with Crippen LogP contribution in [0.2, 0.25) is 0 Å². The summed E-state index contributed by atoms with van der Waals surface area (Å²) in [5, 5.41) is 0. The molecule has 0 aromatic heterocycles. The summed E-state index contributed by atoms with van der Waals surface area (Å²) in [6, 6.07) is 15.4. The molecule has 0 spiro atoms. The second kappa shape index (κ2) is 8.31. The average Bonchev–Trinajstić information content (AvgIpc) is 2.59. The van der Waals surface area contributed by atoms with Gasteiger partial charge >= 0.3 is 0 Å². The number of aryl methyl sites for hydroxylation is 2. The van der Waals surface area contributed by atoms with Crippen molar-refractivity contribution in [1.82, 2.24) is 4.72 Å². The first kappa shape index (κ1) is 18.5. The minimum Gasteiger partial charge on any atom is -0.378 e. The van der Waals surface area contributed by atoms with E-state index >= 15 is 0 Å². The lowest BCUT2D eigenvalue weighted by Crippen LogP contribution is -2.25. The molecular formula is C19H26N2O2S. The quantitative estimate of drug-likeness (QED) is 0.747. The molecule has 0 fully saturated rings. The Morgan fingerprint density at radius 3 is 2.04 bits per heavy atom. The Bertz CT molecular complexity index is 736. The fourth-order valence-electron chi connectivity index (χ4n) is 2.45. The second-order valence-corrected chi connectivity index (χ2v) is 7.83. The van der Waals surface area contributed by atoms with E-state index in [-0.39, 0.29) is 0 Å². The third-order valence-electron chi connectivity index (χ3n) is 4.03. The van der Waals surface area contributed by atoms with Gasteiger partial charge < -0.3 is 4.90 Å². The molecule has 0 heterocycles. The number of hydrogen-bond acceptors (Lipinski definition) is 3. The number of hydrogen-bond donors (Lipinski definition) is 1. The molecule has 130 valence electrons. The topological polar surface area (TPSA) is 49.4 Å². The van der Waals surface area contributed by atoms with Crippen molar-refractivity contribution in [3.63, 3.8) is 0 Å². The van der Waals surface area contributed by atoms with Crippen LogP contribution in [0.4, 0.5) is 5.69 Å². The van der Waals surface area contributed by atoms with Gasteiger partial charge in [-0.25, -0.2) is 13.1 Å². The van der Waals surface area contributed by atoms with E-state index in [9.17, 15) is 8.42 Å². The van der Waals surface area contributed by atoms with E-state index in [1.165, 1.54) is 5.56 Å². The maximum atomic E-state index is 12.2. The molecule has 0 aliphatic carbocycles. The SMILES string of the molecule is CCc1ccc(S(=O)(=O)NCCCc2ccc(N(C)C)cc2)cc1. The van der Waals surface area contributed by atoms with Crippen LogP contribution < -0.4 is 9.62 Å². The maximum Gasteiger partial charge on any atom is 0.240 e. The van der Waals surface area contributed by atoms with Gasteiger partial charge in [0.2, 0.25) is 10.0 Å². The molecule has 2 rings (SSSR count). The third-order valence-corrected chi connectivity index (χ3v) is 5.51. The monoisotopic (exact) mass is 346 g/mol. The molecule has 0 radical (unpaired) electrons. The van der Waals surface area contributed by atoms with Crippen molar-refractivity contribution in [3.05, 3.63) is 59.7 Å². The predicted molar refractivity (Wildman–Crippen MR) is 100 cm³/mol. The summed E-state index contributed by atoms with van der Waals surface area (Å²) in [5.41, 5.74) is 3.51. The van der Waals surface area contributed by atoms with Crippen LogP contribution >= 0.6 is 0 Å². The van der Waals surface area contributed by atoms with Gasteiger partial charge in [0, 0.05) is 26.3 Å². The minimum atomic E-state index is -3.41. The van der Waals surface area contributed by atoms with Crippen molar-refractivity contribution in [2.45, 2.75) is 31.1 Å². The van der Waals surface area contributed by atoms with Gasteiger partial charge in [0.25, 0.3) is 0 Å². The molecule has 0 amide bonds. The average molecular weight is 346 g/mol. The van der Waals surface area contributed by atoms with Crippen molar-refractivity contribution in [1.29, 1.82) is 0 Å². The fraction of sp³-hybridized carbons (Fsp3) is 0.368. The van der Waals surface area contributed by atoms with Gasteiger partial charge in [-0.2, -0.15) is 0 Å². The largest absolute Gasteiger partial charge is 0.378 e. The predicted octanol–water partition coefficient (Wildman–Crippen LogP) is 3.23. The summed E-state index contributed by atoms with van der Waals surface area (Å²) >= 11 is 0. The van der Waals surface area contributed by atoms with Crippen LogP contribution in [0, 0.1) is 0 Å². The van der Waals surface area contributed by atoms with E-state index in [0.29, 0.717) is 11.4 Å². The Balaban J connectivity index is 1.84. The van der Waals surface area contributed by atoms with Gasteiger partial charge in [-0.3, -0.25) is 0 Å². The molecule has 0 aliphatic rings. The highest BCUT2D eigenvalue weighted by Gasteiger charge is 2.12. The highest BCUT2D eigenvalue weighted by molar-refractivity contribution is 7.89. The van der Waals surface area contributed by atoms with Crippen LogP contribution in [-0.2, 0) is 22.9 Å². The summed E-state index contributed by atoms with van der Waals surface area (Å²) in [4.78, 5) is 2.39. The standard InChI is InChI=1S/C19H26N2O2S/c1-4-16-9-13-19(14-10-16)24(22,23)20-15-5-6-17-7-11-18(12-8-17)21(2)3/h7-14,20H,4-6,15H2,1-3H3. The van der Waals surface area contributed by atoms with Gasteiger partial charge in [-0.1, -0.05) is 31.2 Å². The molecule has 4 nitrogen and oxygen atoms in total. The van der Waals surface area contributed by atoms with E-state index in [1.54, 1.807) is 12.1 Å². The van der Waals surface area contributed by atoms with Gasteiger partial charge in [-0.15, -0.1) is 0 Å². The zero-order chi connectivity index (χ0) is 17.6. The molecule has 2 aromatic rings. The number of rotatable bonds is 8. The van der Waals surface area contributed by atoms with Crippen LogP contribution in [0.3, 0.4) is 0 Å². The van der Waals surface area contributed by atoms with Crippen molar-refractivity contribution < 1.29 is 8.42 Å². The molecule has 0 aliphatic heterocycles. The van der Waals surface area contributed by atoms with Crippen LogP contribution in [0.5, 0.6) is 0 Å². The summed E-state index contributed by atoms with van der Waals surface area (Å²) in [6.07, 6.45) is 2.53. The van der Waals surface area contributed by atoms with E-state index in [0.717, 1.165) is 30.5 Å². The van der Waals surface area contributed by atoms with Crippen molar-refractivity contribution >= 4 is 15.7 Å². The number of anilines is 1. The summed E-state index contributed by atoms with van der Waals surface area (Å²) in [6.45, 7) is 2.49. The molecule has 0 bridgehead atoms. The Hall–Kier alpha value is -1.85. The number of nitrogens with zero attached hydrogens (tertiary/aromatic N) is 1. The molecule has 1 N–H and O–H groups in total. The molecule has 0 saturated carbocycles. The number of benzene rings is 2. The zero-order valence-electron chi connectivity index (χ0n) is 14.6. The van der Waals surface area contributed by atoms with Crippen molar-refractivity contribution in [3.8, 4) is 0 Å². The smallest absolute Gasteiger partial charge is 0.240 e. The highest BCUT2D eigenvalue weighted by Crippen LogP contribution is 2.14. The molecule has 24 heavy (non-hydrogen) atoms. The fourth-order valence-corrected chi connectivity index (χ4v) is 3.52. The summed E-state index contributed by atoms with van der Waals surface area (Å²) in [5.74, 6) is 0. The van der Waals surface area contributed by atoms with Crippen LogP contribution in [0.25, 0.3) is 0 Å². The lowest BCUT2D eigenvalue weighted by molar-refractivity contribution is 0.579. The zero-order valence-corrected chi connectivity index (χ0v) is 15.4.